The molecule has 1 aliphatic carbocycles. The van der Waals surface area contributed by atoms with Gasteiger partial charge in [-0.25, -0.2) is 4.98 Å². The molecule has 1 atom stereocenters. The quantitative estimate of drug-likeness (QED) is 0.862. The van der Waals surface area contributed by atoms with Crippen LogP contribution >= 0.6 is 11.3 Å². The van der Waals surface area contributed by atoms with E-state index in [1.807, 2.05) is 23.5 Å². The van der Waals surface area contributed by atoms with Gasteiger partial charge in [0.15, 0.2) is 0 Å². The first-order chi connectivity index (χ1) is 9.33. The van der Waals surface area contributed by atoms with Crippen LogP contribution < -0.4 is 5.32 Å². The molecule has 0 aliphatic heterocycles. The highest BCUT2D eigenvalue weighted by Crippen LogP contribution is 2.29. The molecule has 2 heterocycles. The van der Waals surface area contributed by atoms with E-state index < -0.39 is 0 Å². The Morgan fingerprint density at radius 1 is 1.37 bits per heavy atom. The van der Waals surface area contributed by atoms with Gasteiger partial charge in [0, 0.05) is 4.88 Å². The summed E-state index contributed by atoms with van der Waals surface area (Å²) in [5.74, 6) is 0.977. The van der Waals surface area contributed by atoms with Crippen molar-refractivity contribution in [2.45, 2.75) is 51.6 Å². The van der Waals surface area contributed by atoms with Crippen molar-refractivity contribution in [3.05, 3.63) is 39.7 Å². The van der Waals surface area contributed by atoms with Gasteiger partial charge in [0.25, 0.3) is 0 Å². The smallest absolute Gasteiger partial charge is 0.117 e. The van der Waals surface area contributed by atoms with Crippen molar-refractivity contribution in [3.63, 3.8) is 0 Å². The number of thiazole rings is 1. The average Bonchev–Trinajstić information content (AvgIpc) is 3.02. The van der Waals surface area contributed by atoms with Crippen LogP contribution in [-0.2, 0) is 19.4 Å². The number of aromatic nitrogens is 1. The number of nitrogens with zero attached hydrogens (tertiary/aromatic N) is 1. The Morgan fingerprint density at radius 2 is 2.26 bits per heavy atom. The second-order valence-electron chi connectivity index (χ2n) is 5.16. The summed E-state index contributed by atoms with van der Waals surface area (Å²) in [7, 11) is 0. The van der Waals surface area contributed by atoms with Crippen LogP contribution in [0.25, 0.3) is 0 Å². The molecule has 2 aromatic rings. The van der Waals surface area contributed by atoms with Crippen LogP contribution in [0, 0.1) is 0 Å². The van der Waals surface area contributed by atoms with Gasteiger partial charge in [0.2, 0.25) is 0 Å². The van der Waals surface area contributed by atoms with Gasteiger partial charge in [-0.3, -0.25) is 0 Å². The zero-order valence-electron chi connectivity index (χ0n) is 11.3. The normalized spacial score (nSPS) is 16.9. The fourth-order valence-electron chi connectivity index (χ4n) is 2.49. The van der Waals surface area contributed by atoms with E-state index in [1.54, 1.807) is 6.26 Å². The molecule has 0 bridgehead atoms. The molecule has 1 aliphatic rings. The number of aryl methyl sites for hydroxylation is 2. The van der Waals surface area contributed by atoms with Gasteiger partial charge in [-0.2, -0.15) is 0 Å². The van der Waals surface area contributed by atoms with E-state index in [-0.39, 0.29) is 0 Å². The highest BCUT2D eigenvalue weighted by Gasteiger charge is 2.17. The van der Waals surface area contributed by atoms with E-state index in [4.69, 9.17) is 9.40 Å². The van der Waals surface area contributed by atoms with Crippen LogP contribution in [0.4, 0.5) is 0 Å². The second-order valence-corrected chi connectivity index (χ2v) is 6.28. The summed E-state index contributed by atoms with van der Waals surface area (Å²) in [6.45, 7) is 2.94. The van der Waals surface area contributed by atoms with Gasteiger partial charge >= 0.3 is 0 Å². The lowest BCUT2D eigenvalue weighted by Gasteiger charge is -2.09. The number of furan rings is 1. The van der Waals surface area contributed by atoms with Gasteiger partial charge in [0.1, 0.15) is 10.8 Å². The van der Waals surface area contributed by atoms with E-state index in [1.165, 1.54) is 41.3 Å². The third-order valence-electron chi connectivity index (χ3n) is 3.65. The monoisotopic (exact) mass is 276 g/mol. The van der Waals surface area contributed by atoms with Crippen molar-refractivity contribution in [2.75, 3.05) is 0 Å². The van der Waals surface area contributed by atoms with Crippen LogP contribution in [0.5, 0.6) is 0 Å². The SMILES string of the molecule is CC(NCc1ccco1)c1nc2c(s1)CCCCC2. The van der Waals surface area contributed by atoms with Crippen LogP contribution in [0.15, 0.2) is 22.8 Å². The standard InChI is InChI=1S/C15H20N2OS/c1-11(16-10-12-6-5-9-18-12)15-17-13-7-3-2-4-8-14(13)19-15/h5-6,9,11,16H,2-4,7-8,10H2,1H3. The Balaban J connectivity index is 1.64. The minimum atomic E-state index is 0.294. The Bertz CT molecular complexity index is 495. The zero-order chi connectivity index (χ0) is 13.1. The Hall–Kier alpha value is -1.13. The fraction of sp³-hybridized carbons (Fsp3) is 0.533. The molecule has 0 spiro atoms. The molecule has 1 N–H and O–H groups in total. The molecule has 4 heteroatoms. The molecular weight excluding hydrogens is 256 g/mol. The number of nitrogens with one attached hydrogen (secondary N) is 1. The second kappa shape index (κ2) is 5.88. The highest BCUT2D eigenvalue weighted by atomic mass is 32.1. The molecule has 0 saturated heterocycles. The molecule has 102 valence electrons. The minimum Gasteiger partial charge on any atom is -0.468 e. The Kier molecular flexibility index (Phi) is 3.99. The first-order valence-corrected chi connectivity index (χ1v) is 7.89. The largest absolute Gasteiger partial charge is 0.468 e. The number of hydrogen-bond acceptors (Lipinski definition) is 4. The van der Waals surface area contributed by atoms with Gasteiger partial charge in [0.05, 0.1) is 24.5 Å². The molecule has 3 nitrogen and oxygen atoms in total. The molecule has 0 amide bonds. The van der Waals surface area contributed by atoms with E-state index in [0.717, 1.165) is 18.7 Å². The Morgan fingerprint density at radius 3 is 3.11 bits per heavy atom. The lowest BCUT2D eigenvalue weighted by molar-refractivity contribution is 0.459. The Labute approximate surface area is 118 Å². The maximum Gasteiger partial charge on any atom is 0.117 e. The topological polar surface area (TPSA) is 38.1 Å². The maximum atomic E-state index is 5.34. The maximum absolute atomic E-state index is 5.34. The summed E-state index contributed by atoms with van der Waals surface area (Å²) in [5.41, 5.74) is 1.35. The molecular formula is C15H20N2OS. The van der Waals surface area contributed by atoms with E-state index in [0.29, 0.717) is 6.04 Å². The number of hydrogen-bond donors (Lipinski definition) is 1. The molecule has 0 radical (unpaired) electrons. The van der Waals surface area contributed by atoms with Crippen LogP contribution in [0.3, 0.4) is 0 Å². The van der Waals surface area contributed by atoms with Gasteiger partial charge in [-0.15, -0.1) is 11.3 Å². The van der Waals surface area contributed by atoms with Crippen molar-refractivity contribution in [2.24, 2.45) is 0 Å². The fourth-order valence-corrected chi connectivity index (χ4v) is 3.67. The summed E-state index contributed by atoms with van der Waals surface area (Å²) in [6, 6.07) is 4.21. The van der Waals surface area contributed by atoms with E-state index >= 15 is 0 Å². The first kappa shape index (κ1) is 12.9. The van der Waals surface area contributed by atoms with Gasteiger partial charge < -0.3 is 9.73 Å². The number of rotatable bonds is 4. The third kappa shape index (κ3) is 3.07. The molecule has 0 fully saturated rings. The summed E-state index contributed by atoms with van der Waals surface area (Å²) in [6.07, 6.45) is 8.07. The van der Waals surface area contributed by atoms with Gasteiger partial charge in [-0.1, -0.05) is 6.42 Å². The highest BCUT2D eigenvalue weighted by molar-refractivity contribution is 7.11. The predicted molar refractivity (Wildman–Crippen MR) is 77.3 cm³/mol. The summed E-state index contributed by atoms with van der Waals surface area (Å²) in [4.78, 5) is 6.35. The molecule has 0 aromatic carbocycles. The van der Waals surface area contributed by atoms with Crippen LogP contribution in [0.2, 0.25) is 0 Å². The number of fused-ring (bicyclic) bond motifs is 1. The molecule has 19 heavy (non-hydrogen) atoms. The van der Waals surface area contributed by atoms with Crippen molar-refractivity contribution >= 4 is 11.3 Å². The van der Waals surface area contributed by atoms with Crippen LogP contribution in [-0.4, -0.2) is 4.98 Å². The zero-order valence-corrected chi connectivity index (χ0v) is 12.1. The van der Waals surface area contributed by atoms with E-state index in [9.17, 15) is 0 Å². The summed E-state index contributed by atoms with van der Waals surface area (Å²) < 4.78 is 5.34. The first-order valence-electron chi connectivity index (χ1n) is 7.07. The molecule has 0 saturated carbocycles. The summed E-state index contributed by atoms with van der Waals surface area (Å²) in [5, 5.41) is 4.70. The lowest BCUT2D eigenvalue weighted by Crippen LogP contribution is -2.17. The molecule has 3 rings (SSSR count). The van der Waals surface area contributed by atoms with Crippen molar-refractivity contribution < 1.29 is 4.42 Å². The third-order valence-corrected chi connectivity index (χ3v) is 4.99. The lowest BCUT2D eigenvalue weighted by atomic mass is 10.2. The average molecular weight is 276 g/mol. The van der Waals surface area contributed by atoms with Crippen molar-refractivity contribution in [3.8, 4) is 0 Å². The minimum absolute atomic E-state index is 0.294. The summed E-state index contributed by atoms with van der Waals surface area (Å²) >= 11 is 1.89. The predicted octanol–water partition coefficient (Wildman–Crippen LogP) is 3.86. The molecule has 1 unspecified atom stereocenters. The van der Waals surface area contributed by atoms with Gasteiger partial charge in [-0.05, 0) is 44.7 Å². The van der Waals surface area contributed by atoms with Crippen molar-refractivity contribution in [1.29, 1.82) is 0 Å². The molecule has 2 aromatic heterocycles. The van der Waals surface area contributed by atoms with Crippen LogP contribution in [0.1, 0.15) is 53.6 Å². The van der Waals surface area contributed by atoms with Crippen molar-refractivity contribution in [1.82, 2.24) is 10.3 Å². The van der Waals surface area contributed by atoms with E-state index in [2.05, 4.69) is 12.2 Å².